The van der Waals surface area contributed by atoms with Gasteiger partial charge in [0.1, 0.15) is 4.88 Å². The van der Waals surface area contributed by atoms with Crippen LogP contribution in [0.5, 0.6) is 0 Å². The Labute approximate surface area is 117 Å². The first-order valence-electron chi connectivity index (χ1n) is 5.61. The maximum atomic E-state index is 12.0. The molecule has 7 heteroatoms. The van der Waals surface area contributed by atoms with E-state index < -0.39 is 0 Å². The molecule has 2 heterocycles. The van der Waals surface area contributed by atoms with Crippen molar-refractivity contribution in [2.45, 2.75) is 13.8 Å². The molecule has 2 aromatic heterocycles. The van der Waals surface area contributed by atoms with Crippen LogP contribution in [0.15, 0.2) is 18.2 Å². The molecule has 0 fully saturated rings. The number of rotatable bonds is 2. The van der Waals surface area contributed by atoms with Crippen LogP contribution >= 0.6 is 22.9 Å². The van der Waals surface area contributed by atoms with Crippen LogP contribution in [0.25, 0.3) is 10.2 Å². The molecule has 5 nitrogen and oxygen atoms in total. The first kappa shape index (κ1) is 12.2. The monoisotopic (exact) mass is 290 g/mol. The van der Waals surface area contributed by atoms with E-state index in [1.54, 1.807) is 6.92 Å². The van der Waals surface area contributed by atoms with Gasteiger partial charge in [-0.15, -0.1) is 5.10 Å². The van der Waals surface area contributed by atoms with Crippen molar-refractivity contribution in [3.8, 4) is 0 Å². The molecule has 0 aliphatic carbocycles. The molecule has 0 aliphatic heterocycles. The highest BCUT2D eigenvalue weighted by molar-refractivity contribution is 7.22. The molecule has 0 bridgehead atoms. The quantitative estimate of drug-likeness (QED) is 0.787. The van der Waals surface area contributed by atoms with Gasteiger partial charge < -0.3 is 0 Å². The van der Waals surface area contributed by atoms with Crippen molar-refractivity contribution >= 4 is 44.1 Å². The fraction of sp³-hybridized carbons (Fsp3) is 0.167. The average molecular weight is 290 g/mol. The molecule has 0 saturated carbocycles. The van der Waals surface area contributed by atoms with Crippen LogP contribution in [0.3, 0.4) is 0 Å². The van der Waals surface area contributed by atoms with Gasteiger partial charge in [-0.05, 0) is 43.1 Å². The minimum absolute atomic E-state index is 0.205. The second kappa shape index (κ2) is 4.67. The van der Waals surface area contributed by atoms with Gasteiger partial charge in [0.2, 0.25) is 0 Å². The zero-order valence-corrected chi connectivity index (χ0v) is 11.9. The van der Waals surface area contributed by atoms with E-state index in [4.69, 9.17) is 0 Å². The molecule has 96 valence electrons. The lowest BCUT2D eigenvalue weighted by molar-refractivity contribution is 0.103. The third kappa shape index (κ3) is 2.34. The molecule has 0 unspecified atom stereocenters. The van der Waals surface area contributed by atoms with Crippen LogP contribution in [-0.2, 0) is 0 Å². The number of fused-ring (bicyclic) bond motifs is 1. The van der Waals surface area contributed by atoms with Crippen molar-refractivity contribution < 1.29 is 4.79 Å². The second-order valence-electron chi connectivity index (χ2n) is 4.13. The molecule has 0 atom stereocenters. The molecule has 3 aromatic rings. The maximum Gasteiger partial charge on any atom is 0.271 e. The van der Waals surface area contributed by atoms with Crippen LogP contribution in [0.2, 0.25) is 0 Å². The van der Waals surface area contributed by atoms with E-state index in [0.29, 0.717) is 15.7 Å². The fourth-order valence-corrected chi connectivity index (χ4v) is 3.19. The van der Waals surface area contributed by atoms with Gasteiger partial charge in [0, 0.05) is 0 Å². The van der Waals surface area contributed by atoms with Gasteiger partial charge in [0.15, 0.2) is 5.13 Å². The Kier molecular flexibility index (Phi) is 3.00. The van der Waals surface area contributed by atoms with Crippen LogP contribution in [0.4, 0.5) is 5.13 Å². The zero-order chi connectivity index (χ0) is 13.4. The Morgan fingerprint density at radius 3 is 2.89 bits per heavy atom. The molecule has 1 aromatic carbocycles. The molecule has 0 saturated heterocycles. The van der Waals surface area contributed by atoms with E-state index in [1.165, 1.54) is 16.9 Å². The summed E-state index contributed by atoms with van der Waals surface area (Å²) < 4.78 is 4.82. The molecule has 0 spiro atoms. The predicted molar refractivity (Wildman–Crippen MR) is 77.0 cm³/mol. The molecule has 1 amide bonds. The van der Waals surface area contributed by atoms with Crippen LogP contribution < -0.4 is 5.32 Å². The first-order chi connectivity index (χ1) is 9.13. The minimum atomic E-state index is -0.205. The summed E-state index contributed by atoms with van der Waals surface area (Å²) in [5.41, 5.74) is 2.71. The Morgan fingerprint density at radius 2 is 2.16 bits per heavy atom. The summed E-state index contributed by atoms with van der Waals surface area (Å²) in [7, 11) is 0. The largest absolute Gasteiger partial charge is 0.297 e. The van der Waals surface area contributed by atoms with Crippen molar-refractivity contribution in [1.29, 1.82) is 0 Å². The van der Waals surface area contributed by atoms with Crippen molar-refractivity contribution in [1.82, 2.24) is 14.6 Å². The summed E-state index contributed by atoms with van der Waals surface area (Å²) in [6.07, 6.45) is 0. The third-order valence-electron chi connectivity index (χ3n) is 2.62. The third-order valence-corrected chi connectivity index (χ3v) is 4.38. The lowest BCUT2D eigenvalue weighted by Crippen LogP contribution is -2.11. The summed E-state index contributed by atoms with van der Waals surface area (Å²) in [5, 5.41) is 7.21. The smallest absolute Gasteiger partial charge is 0.271 e. The Bertz CT molecular complexity index is 762. The number of hydrogen-bond acceptors (Lipinski definition) is 6. The minimum Gasteiger partial charge on any atom is -0.297 e. The fourth-order valence-electron chi connectivity index (χ4n) is 1.68. The second-order valence-corrected chi connectivity index (χ2v) is 5.92. The van der Waals surface area contributed by atoms with Gasteiger partial charge in [-0.2, -0.15) is 0 Å². The van der Waals surface area contributed by atoms with Gasteiger partial charge in [-0.1, -0.05) is 21.9 Å². The zero-order valence-electron chi connectivity index (χ0n) is 10.3. The van der Waals surface area contributed by atoms with Crippen LogP contribution in [0.1, 0.15) is 20.9 Å². The van der Waals surface area contributed by atoms with Gasteiger partial charge >= 0.3 is 0 Å². The van der Waals surface area contributed by atoms with Crippen LogP contribution in [-0.4, -0.2) is 20.5 Å². The van der Waals surface area contributed by atoms with Crippen molar-refractivity contribution in [2.24, 2.45) is 0 Å². The molecular formula is C12H10N4OS2. The summed E-state index contributed by atoms with van der Waals surface area (Å²) in [6.45, 7) is 3.80. The standard InChI is InChI=1S/C12H10N4OS2/c1-6-3-4-8-9(5-6)18-12(13-8)14-11(17)10-7(2)15-16-19-10/h3-5H,1-2H3,(H,13,14,17). The highest BCUT2D eigenvalue weighted by Crippen LogP contribution is 2.27. The van der Waals surface area contributed by atoms with Crippen molar-refractivity contribution in [3.05, 3.63) is 34.3 Å². The summed E-state index contributed by atoms with van der Waals surface area (Å²) in [5.74, 6) is -0.205. The van der Waals surface area contributed by atoms with Crippen molar-refractivity contribution in [3.63, 3.8) is 0 Å². The van der Waals surface area contributed by atoms with Gasteiger partial charge in [-0.3, -0.25) is 10.1 Å². The number of nitrogens with one attached hydrogen (secondary N) is 1. The van der Waals surface area contributed by atoms with Crippen LogP contribution in [0, 0.1) is 13.8 Å². The van der Waals surface area contributed by atoms with Crippen molar-refractivity contribution in [2.75, 3.05) is 5.32 Å². The van der Waals surface area contributed by atoms with E-state index in [2.05, 4.69) is 26.0 Å². The number of benzene rings is 1. The predicted octanol–water partition coefficient (Wildman–Crippen LogP) is 3.02. The number of aryl methyl sites for hydroxylation is 2. The normalized spacial score (nSPS) is 10.8. The molecule has 1 N–H and O–H groups in total. The van der Waals surface area contributed by atoms with E-state index in [0.717, 1.165) is 21.7 Å². The average Bonchev–Trinajstić information content (AvgIpc) is 2.94. The lowest BCUT2D eigenvalue weighted by Gasteiger charge is -1.97. The van der Waals surface area contributed by atoms with Gasteiger partial charge in [0.05, 0.1) is 15.9 Å². The number of anilines is 1. The van der Waals surface area contributed by atoms with Gasteiger partial charge in [-0.25, -0.2) is 4.98 Å². The number of hydrogen-bond donors (Lipinski definition) is 1. The van der Waals surface area contributed by atoms with Gasteiger partial charge in [0.25, 0.3) is 5.91 Å². The molecular weight excluding hydrogens is 280 g/mol. The van der Waals surface area contributed by atoms with E-state index in [9.17, 15) is 4.79 Å². The Morgan fingerprint density at radius 1 is 1.32 bits per heavy atom. The number of carbonyl (C=O) groups excluding carboxylic acids is 1. The number of thiazole rings is 1. The number of nitrogens with zero attached hydrogens (tertiary/aromatic N) is 3. The molecule has 3 rings (SSSR count). The topological polar surface area (TPSA) is 67.8 Å². The SMILES string of the molecule is Cc1ccc2nc(NC(=O)c3snnc3C)sc2c1. The maximum absolute atomic E-state index is 12.0. The van der Waals surface area contributed by atoms with E-state index in [-0.39, 0.29) is 5.91 Å². The lowest BCUT2D eigenvalue weighted by atomic mass is 10.2. The number of carbonyl (C=O) groups is 1. The molecule has 0 radical (unpaired) electrons. The Balaban J connectivity index is 1.89. The Hall–Kier alpha value is -1.86. The van der Waals surface area contributed by atoms with E-state index >= 15 is 0 Å². The highest BCUT2D eigenvalue weighted by Gasteiger charge is 2.15. The summed E-state index contributed by atoms with van der Waals surface area (Å²) in [6, 6.07) is 6.02. The molecule has 19 heavy (non-hydrogen) atoms. The highest BCUT2D eigenvalue weighted by atomic mass is 32.1. The summed E-state index contributed by atoms with van der Waals surface area (Å²) in [4.78, 5) is 16.9. The first-order valence-corrected chi connectivity index (χ1v) is 7.20. The number of aromatic nitrogens is 3. The number of amides is 1. The summed E-state index contributed by atoms with van der Waals surface area (Å²) >= 11 is 2.55. The molecule has 0 aliphatic rings. The van der Waals surface area contributed by atoms with E-state index in [1.807, 2.05) is 19.1 Å².